The zero-order valence-electron chi connectivity index (χ0n) is 18.3. The SMILES string of the molecule is C=C\C(CC)=C(/C=C/C=C/N=C(/CCCN(C)C)SC)NC(=O)C/N=C(/N)OC. The molecule has 0 atom stereocenters. The number of amidine groups is 1. The molecule has 0 radical (unpaired) electrons. The lowest BCUT2D eigenvalue weighted by Crippen LogP contribution is -2.27. The van der Waals surface area contributed by atoms with Crippen LogP contribution in [0.3, 0.4) is 0 Å². The number of nitrogens with zero attached hydrogens (tertiary/aromatic N) is 3. The largest absolute Gasteiger partial charge is 0.469 e. The summed E-state index contributed by atoms with van der Waals surface area (Å²) in [6.45, 7) is 6.73. The van der Waals surface area contributed by atoms with Crippen molar-refractivity contribution in [2.75, 3.05) is 40.6 Å². The van der Waals surface area contributed by atoms with E-state index in [4.69, 9.17) is 10.5 Å². The number of amides is 1. The van der Waals surface area contributed by atoms with Crippen LogP contribution in [0.5, 0.6) is 0 Å². The first-order valence-electron chi connectivity index (χ1n) is 9.45. The van der Waals surface area contributed by atoms with Crippen LogP contribution >= 0.6 is 11.8 Å². The summed E-state index contributed by atoms with van der Waals surface area (Å²) in [6.07, 6.45) is 13.8. The van der Waals surface area contributed by atoms with Crippen LogP contribution in [0.2, 0.25) is 0 Å². The molecule has 1 amide bonds. The number of methoxy groups -OCH3 is 1. The van der Waals surface area contributed by atoms with Gasteiger partial charge in [-0.05, 0) is 63.9 Å². The highest BCUT2D eigenvalue weighted by molar-refractivity contribution is 8.13. The van der Waals surface area contributed by atoms with Crippen molar-refractivity contribution in [3.8, 4) is 0 Å². The fourth-order valence-electron chi connectivity index (χ4n) is 2.17. The molecule has 3 N–H and O–H groups in total. The van der Waals surface area contributed by atoms with Crippen molar-refractivity contribution in [3.05, 3.63) is 48.4 Å². The van der Waals surface area contributed by atoms with Gasteiger partial charge in [0.15, 0.2) is 0 Å². The van der Waals surface area contributed by atoms with Gasteiger partial charge in [-0.15, -0.1) is 11.8 Å². The summed E-state index contributed by atoms with van der Waals surface area (Å²) < 4.78 is 4.73. The Bertz CT molecular complexity index is 664. The molecule has 29 heavy (non-hydrogen) atoms. The maximum Gasteiger partial charge on any atom is 0.282 e. The molecule has 0 aliphatic carbocycles. The van der Waals surface area contributed by atoms with Crippen molar-refractivity contribution < 1.29 is 9.53 Å². The lowest BCUT2D eigenvalue weighted by atomic mass is 10.1. The van der Waals surface area contributed by atoms with Crippen molar-refractivity contribution >= 4 is 28.7 Å². The first-order valence-corrected chi connectivity index (χ1v) is 10.7. The van der Waals surface area contributed by atoms with Crippen molar-refractivity contribution in [2.45, 2.75) is 26.2 Å². The fraction of sp³-hybridized carbons (Fsp3) is 0.476. The zero-order chi connectivity index (χ0) is 22.1. The first kappa shape index (κ1) is 26.7. The van der Waals surface area contributed by atoms with Crippen molar-refractivity contribution in [2.24, 2.45) is 15.7 Å². The van der Waals surface area contributed by atoms with E-state index in [1.165, 1.54) is 7.11 Å². The normalized spacial score (nSPS) is 13.9. The molecule has 0 aliphatic rings. The third-order valence-electron chi connectivity index (χ3n) is 3.75. The molecule has 0 bridgehead atoms. The van der Waals surface area contributed by atoms with Crippen LogP contribution in [0.4, 0.5) is 0 Å². The predicted octanol–water partition coefficient (Wildman–Crippen LogP) is 3.09. The number of nitrogens with one attached hydrogen (secondary N) is 1. The standard InChI is InChI=1S/C21H35N5O2S/c1-7-17(8-2)18(25-19(27)16-24-21(22)28-5)12-9-10-14-23-20(29-6)13-11-15-26(3)4/h7,9-10,12,14H,1,8,11,13,15-16H2,2-6H3,(H2,22,24)(H,25,27)/b12-9+,14-10+,18-17-,23-20-. The van der Waals surface area contributed by atoms with Gasteiger partial charge in [0, 0.05) is 11.9 Å². The Hall–Kier alpha value is -2.32. The van der Waals surface area contributed by atoms with E-state index in [2.05, 4.69) is 40.9 Å². The van der Waals surface area contributed by atoms with Gasteiger partial charge >= 0.3 is 0 Å². The second-order valence-electron chi connectivity index (χ2n) is 6.24. The maximum absolute atomic E-state index is 12.1. The number of nitrogens with two attached hydrogens (primary N) is 1. The van der Waals surface area contributed by atoms with Gasteiger partial charge in [0.1, 0.15) is 6.54 Å². The molecule has 0 aromatic carbocycles. The molecule has 8 heteroatoms. The summed E-state index contributed by atoms with van der Waals surface area (Å²) >= 11 is 1.66. The lowest BCUT2D eigenvalue weighted by molar-refractivity contribution is -0.118. The Morgan fingerprint density at radius 2 is 2.07 bits per heavy atom. The summed E-state index contributed by atoms with van der Waals surface area (Å²) in [7, 11) is 5.53. The first-order chi connectivity index (χ1) is 13.9. The summed E-state index contributed by atoms with van der Waals surface area (Å²) in [4.78, 5) is 22.6. The molecule has 0 saturated heterocycles. The molecule has 0 saturated carbocycles. The van der Waals surface area contributed by atoms with E-state index in [0.29, 0.717) is 5.70 Å². The van der Waals surface area contributed by atoms with Gasteiger partial charge < -0.3 is 20.7 Å². The number of allylic oxidation sites excluding steroid dienone is 5. The Balaban J connectivity index is 5.03. The van der Waals surface area contributed by atoms with Crippen LogP contribution in [-0.4, -0.2) is 62.4 Å². The van der Waals surface area contributed by atoms with E-state index < -0.39 is 0 Å². The molecule has 162 valence electrons. The zero-order valence-corrected chi connectivity index (χ0v) is 19.1. The molecule has 0 fully saturated rings. The molecule has 0 rings (SSSR count). The third kappa shape index (κ3) is 13.5. The molecule has 0 spiro atoms. The highest BCUT2D eigenvalue weighted by Crippen LogP contribution is 2.10. The Kier molecular flexibility index (Phi) is 15.3. The van der Waals surface area contributed by atoms with E-state index in [-0.39, 0.29) is 18.5 Å². The van der Waals surface area contributed by atoms with E-state index in [0.717, 1.165) is 36.4 Å². The van der Waals surface area contributed by atoms with Gasteiger partial charge in [0.2, 0.25) is 5.91 Å². The molecule has 0 aromatic rings. The smallest absolute Gasteiger partial charge is 0.282 e. The van der Waals surface area contributed by atoms with Crippen LogP contribution in [0.15, 0.2) is 58.3 Å². The van der Waals surface area contributed by atoms with Crippen LogP contribution in [-0.2, 0) is 9.53 Å². The number of ether oxygens (including phenoxy) is 1. The number of hydrogen-bond acceptors (Lipinski definition) is 6. The Morgan fingerprint density at radius 3 is 2.62 bits per heavy atom. The van der Waals surface area contributed by atoms with Crippen LogP contribution < -0.4 is 11.1 Å². The highest BCUT2D eigenvalue weighted by atomic mass is 32.2. The molecule has 0 heterocycles. The fourth-order valence-corrected chi connectivity index (χ4v) is 2.69. The van der Waals surface area contributed by atoms with E-state index in [1.54, 1.807) is 24.0 Å². The minimum absolute atomic E-state index is 0.0309. The summed E-state index contributed by atoms with van der Waals surface area (Å²) in [5.41, 5.74) is 7.03. The van der Waals surface area contributed by atoms with Gasteiger partial charge in [0.25, 0.3) is 6.02 Å². The summed E-state index contributed by atoms with van der Waals surface area (Å²) in [6, 6.07) is -0.0309. The lowest BCUT2D eigenvalue weighted by Gasteiger charge is -2.09. The Morgan fingerprint density at radius 1 is 1.34 bits per heavy atom. The number of carbonyl (C=O) groups is 1. The second-order valence-corrected chi connectivity index (χ2v) is 7.12. The van der Waals surface area contributed by atoms with Crippen molar-refractivity contribution in [1.82, 2.24) is 10.2 Å². The number of thioether (sulfide) groups is 1. The molecular formula is C21H35N5O2S. The maximum atomic E-state index is 12.1. The average molecular weight is 422 g/mol. The van der Waals surface area contributed by atoms with Gasteiger partial charge in [0.05, 0.1) is 12.2 Å². The third-order valence-corrected chi connectivity index (χ3v) is 4.53. The predicted molar refractivity (Wildman–Crippen MR) is 126 cm³/mol. The molecule has 0 aliphatic heterocycles. The molecule has 7 nitrogen and oxygen atoms in total. The summed E-state index contributed by atoms with van der Waals surface area (Å²) in [5, 5.41) is 3.93. The van der Waals surface area contributed by atoms with Crippen LogP contribution in [0.25, 0.3) is 0 Å². The topological polar surface area (TPSA) is 92.3 Å². The van der Waals surface area contributed by atoms with Gasteiger partial charge in [-0.1, -0.05) is 25.7 Å². The minimum atomic E-state index is -0.287. The number of carbonyl (C=O) groups excluding carboxylic acids is 1. The monoisotopic (exact) mass is 421 g/mol. The molecule has 0 aromatic heterocycles. The van der Waals surface area contributed by atoms with Gasteiger partial charge in [-0.25, -0.2) is 4.99 Å². The number of aliphatic imine (C=N–C) groups is 2. The van der Waals surface area contributed by atoms with Crippen LogP contribution in [0.1, 0.15) is 26.2 Å². The summed E-state index contributed by atoms with van der Waals surface area (Å²) in [5.74, 6) is -0.287. The minimum Gasteiger partial charge on any atom is -0.469 e. The second kappa shape index (κ2) is 16.6. The van der Waals surface area contributed by atoms with E-state index in [9.17, 15) is 4.79 Å². The Labute approximate surface area is 179 Å². The van der Waals surface area contributed by atoms with Gasteiger partial charge in [-0.3, -0.25) is 9.79 Å². The highest BCUT2D eigenvalue weighted by Gasteiger charge is 2.05. The van der Waals surface area contributed by atoms with E-state index in [1.807, 2.05) is 31.4 Å². The number of rotatable bonds is 12. The van der Waals surface area contributed by atoms with Crippen molar-refractivity contribution in [1.29, 1.82) is 0 Å². The molecule has 0 unspecified atom stereocenters. The molecular weight excluding hydrogens is 386 g/mol. The quantitative estimate of drug-likeness (QED) is 0.287. The number of hydrogen-bond donors (Lipinski definition) is 2. The van der Waals surface area contributed by atoms with Crippen LogP contribution in [0, 0.1) is 0 Å². The van der Waals surface area contributed by atoms with Gasteiger partial charge in [-0.2, -0.15) is 0 Å². The van der Waals surface area contributed by atoms with E-state index >= 15 is 0 Å². The van der Waals surface area contributed by atoms with Crippen molar-refractivity contribution in [3.63, 3.8) is 0 Å². The average Bonchev–Trinajstić information content (AvgIpc) is 2.70.